The highest BCUT2D eigenvalue weighted by Crippen LogP contribution is 2.26. The highest BCUT2D eigenvalue weighted by molar-refractivity contribution is 5.38. The SMILES string of the molecule is Cc1ncccc1Oc1ccccc1CO. The number of aliphatic hydroxyl groups excluding tert-OH is 1. The molecule has 1 heterocycles. The molecule has 2 rings (SSSR count). The quantitative estimate of drug-likeness (QED) is 0.855. The summed E-state index contributed by atoms with van der Waals surface area (Å²) in [6.45, 7) is 1.85. The highest BCUT2D eigenvalue weighted by atomic mass is 16.5. The average Bonchev–Trinajstić information content (AvgIpc) is 2.33. The molecule has 1 aromatic heterocycles. The zero-order valence-electron chi connectivity index (χ0n) is 9.05. The van der Waals surface area contributed by atoms with Crippen LogP contribution in [0.25, 0.3) is 0 Å². The number of ether oxygens (including phenoxy) is 1. The lowest BCUT2D eigenvalue weighted by Gasteiger charge is -2.10. The lowest BCUT2D eigenvalue weighted by Crippen LogP contribution is -1.93. The van der Waals surface area contributed by atoms with Crippen LogP contribution in [0.4, 0.5) is 0 Å². The predicted octanol–water partition coefficient (Wildman–Crippen LogP) is 2.67. The van der Waals surface area contributed by atoms with E-state index in [4.69, 9.17) is 4.74 Å². The minimum absolute atomic E-state index is 0.0323. The lowest BCUT2D eigenvalue weighted by molar-refractivity contribution is 0.276. The number of benzene rings is 1. The molecule has 0 saturated heterocycles. The lowest BCUT2D eigenvalue weighted by atomic mass is 10.2. The minimum Gasteiger partial charge on any atom is -0.455 e. The van der Waals surface area contributed by atoms with Crippen LogP contribution < -0.4 is 4.74 Å². The zero-order valence-corrected chi connectivity index (χ0v) is 9.05. The largest absolute Gasteiger partial charge is 0.455 e. The molecule has 0 aliphatic heterocycles. The molecule has 1 aromatic carbocycles. The summed E-state index contributed by atoms with van der Waals surface area (Å²) in [6.07, 6.45) is 1.72. The van der Waals surface area contributed by atoms with E-state index < -0.39 is 0 Å². The Hall–Kier alpha value is -1.87. The first-order valence-corrected chi connectivity index (χ1v) is 5.09. The summed E-state index contributed by atoms with van der Waals surface area (Å²) in [6, 6.07) is 11.1. The molecule has 0 saturated carbocycles. The van der Waals surface area contributed by atoms with Crippen LogP contribution in [0.2, 0.25) is 0 Å². The van der Waals surface area contributed by atoms with Crippen LogP contribution in [0.3, 0.4) is 0 Å². The van der Waals surface area contributed by atoms with Crippen molar-refractivity contribution >= 4 is 0 Å². The predicted molar refractivity (Wildman–Crippen MR) is 61.4 cm³/mol. The van der Waals surface area contributed by atoms with Crippen molar-refractivity contribution in [2.24, 2.45) is 0 Å². The first-order chi connectivity index (χ1) is 7.81. The number of aliphatic hydroxyl groups is 1. The van der Waals surface area contributed by atoms with E-state index >= 15 is 0 Å². The molecule has 0 aliphatic carbocycles. The van der Waals surface area contributed by atoms with Crippen LogP contribution in [0.15, 0.2) is 42.6 Å². The number of hydrogen-bond acceptors (Lipinski definition) is 3. The van der Waals surface area contributed by atoms with E-state index in [1.807, 2.05) is 43.3 Å². The molecule has 0 spiro atoms. The molecule has 3 nitrogen and oxygen atoms in total. The Morgan fingerprint density at radius 2 is 1.88 bits per heavy atom. The van der Waals surface area contributed by atoms with E-state index in [1.54, 1.807) is 6.20 Å². The fourth-order valence-electron chi connectivity index (χ4n) is 1.43. The normalized spacial score (nSPS) is 10.1. The molecular weight excluding hydrogens is 202 g/mol. The van der Waals surface area contributed by atoms with Gasteiger partial charge in [-0.2, -0.15) is 0 Å². The molecular formula is C13H13NO2. The molecule has 0 radical (unpaired) electrons. The van der Waals surface area contributed by atoms with Crippen LogP contribution in [0.1, 0.15) is 11.3 Å². The van der Waals surface area contributed by atoms with Gasteiger partial charge in [-0.15, -0.1) is 0 Å². The molecule has 0 atom stereocenters. The summed E-state index contributed by atoms with van der Waals surface area (Å²) < 4.78 is 5.71. The first kappa shape index (κ1) is 10.6. The third-order valence-electron chi connectivity index (χ3n) is 2.32. The minimum atomic E-state index is -0.0323. The van der Waals surface area contributed by atoms with Gasteiger partial charge in [0.1, 0.15) is 11.5 Å². The Morgan fingerprint density at radius 1 is 1.12 bits per heavy atom. The van der Waals surface area contributed by atoms with E-state index in [0.717, 1.165) is 11.3 Å². The molecule has 3 heteroatoms. The second kappa shape index (κ2) is 4.77. The molecule has 0 unspecified atom stereocenters. The first-order valence-electron chi connectivity index (χ1n) is 5.09. The number of aryl methyl sites for hydroxylation is 1. The molecule has 0 aliphatic rings. The van der Waals surface area contributed by atoms with Gasteiger partial charge in [-0.1, -0.05) is 18.2 Å². The van der Waals surface area contributed by atoms with Gasteiger partial charge in [0.05, 0.1) is 12.3 Å². The van der Waals surface area contributed by atoms with Crippen LogP contribution in [0.5, 0.6) is 11.5 Å². The van der Waals surface area contributed by atoms with Crippen molar-refractivity contribution in [2.45, 2.75) is 13.5 Å². The van der Waals surface area contributed by atoms with Gasteiger partial charge in [0.25, 0.3) is 0 Å². The number of hydrogen-bond donors (Lipinski definition) is 1. The van der Waals surface area contributed by atoms with Gasteiger partial charge in [-0.3, -0.25) is 4.98 Å². The summed E-state index contributed by atoms with van der Waals surface area (Å²) >= 11 is 0. The van der Waals surface area contributed by atoms with Gasteiger partial charge in [0.2, 0.25) is 0 Å². The summed E-state index contributed by atoms with van der Waals surface area (Å²) in [5.74, 6) is 1.38. The Morgan fingerprint density at radius 3 is 2.62 bits per heavy atom. The molecule has 82 valence electrons. The van der Waals surface area contributed by atoms with Crippen LogP contribution in [-0.2, 0) is 6.61 Å². The fourth-order valence-corrected chi connectivity index (χ4v) is 1.43. The highest BCUT2D eigenvalue weighted by Gasteiger charge is 2.05. The maximum absolute atomic E-state index is 9.17. The smallest absolute Gasteiger partial charge is 0.148 e. The summed E-state index contributed by atoms with van der Waals surface area (Å²) in [5, 5.41) is 9.17. The third-order valence-corrected chi connectivity index (χ3v) is 2.32. The van der Waals surface area contributed by atoms with Gasteiger partial charge < -0.3 is 9.84 Å². The molecule has 0 fully saturated rings. The van der Waals surface area contributed by atoms with Crippen molar-refractivity contribution in [1.82, 2.24) is 4.98 Å². The summed E-state index contributed by atoms with van der Waals surface area (Å²) in [4.78, 5) is 4.14. The van der Waals surface area contributed by atoms with Gasteiger partial charge in [-0.05, 0) is 25.1 Å². The number of aromatic nitrogens is 1. The van der Waals surface area contributed by atoms with Gasteiger partial charge in [-0.25, -0.2) is 0 Å². The monoisotopic (exact) mass is 215 g/mol. The molecule has 2 aromatic rings. The number of pyridine rings is 1. The van der Waals surface area contributed by atoms with Gasteiger partial charge in [0.15, 0.2) is 0 Å². The maximum atomic E-state index is 9.17. The van der Waals surface area contributed by atoms with Crippen LogP contribution in [0, 0.1) is 6.92 Å². The summed E-state index contributed by atoms with van der Waals surface area (Å²) in [7, 11) is 0. The second-order valence-corrected chi connectivity index (χ2v) is 3.45. The van der Waals surface area contributed by atoms with Crippen molar-refractivity contribution in [3.8, 4) is 11.5 Å². The van der Waals surface area contributed by atoms with Gasteiger partial charge >= 0.3 is 0 Å². The Balaban J connectivity index is 2.30. The maximum Gasteiger partial charge on any atom is 0.148 e. The van der Waals surface area contributed by atoms with Crippen LogP contribution >= 0.6 is 0 Å². The van der Waals surface area contributed by atoms with Crippen molar-refractivity contribution in [1.29, 1.82) is 0 Å². The zero-order chi connectivity index (χ0) is 11.4. The van der Waals surface area contributed by atoms with Gasteiger partial charge in [0, 0.05) is 11.8 Å². The van der Waals surface area contributed by atoms with Crippen molar-refractivity contribution in [3.05, 3.63) is 53.9 Å². The number of para-hydroxylation sites is 1. The molecule has 1 N–H and O–H groups in total. The second-order valence-electron chi connectivity index (χ2n) is 3.45. The summed E-state index contributed by atoms with van der Waals surface area (Å²) in [5.41, 5.74) is 1.60. The van der Waals surface area contributed by atoms with E-state index in [-0.39, 0.29) is 6.61 Å². The van der Waals surface area contributed by atoms with E-state index in [0.29, 0.717) is 11.5 Å². The molecule has 0 bridgehead atoms. The number of rotatable bonds is 3. The topological polar surface area (TPSA) is 42.4 Å². The van der Waals surface area contributed by atoms with E-state index in [1.165, 1.54) is 0 Å². The standard InChI is InChI=1S/C13H13NO2/c1-10-12(7-4-8-14-10)16-13-6-3-2-5-11(13)9-15/h2-8,15H,9H2,1H3. The Labute approximate surface area is 94.3 Å². The average molecular weight is 215 g/mol. The molecule has 0 amide bonds. The van der Waals surface area contributed by atoms with Crippen molar-refractivity contribution in [2.75, 3.05) is 0 Å². The Bertz CT molecular complexity index is 483. The van der Waals surface area contributed by atoms with E-state index in [9.17, 15) is 5.11 Å². The number of nitrogens with zero attached hydrogens (tertiary/aromatic N) is 1. The fraction of sp³-hybridized carbons (Fsp3) is 0.154. The third kappa shape index (κ3) is 2.20. The van der Waals surface area contributed by atoms with Crippen LogP contribution in [-0.4, -0.2) is 10.1 Å². The van der Waals surface area contributed by atoms with E-state index in [2.05, 4.69) is 4.98 Å². The molecule has 16 heavy (non-hydrogen) atoms. The van der Waals surface area contributed by atoms with Crippen molar-refractivity contribution < 1.29 is 9.84 Å². The Kier molecular flexibility index (Phi) is 3.17. The van der Waals surface area contributed by atoms with Crippen molar-refractivity contribution in [3.63, 3.8) is 0 Å².